The van der Waals surface area contributed by atoms with Crippen LogP contribution >= 0.6 is 11.3 Å². The summed E-state index contributed by atoms with van der Waals surface area (Å²) in [5.41, 5.74) is 8.89. The molecule has 3 heterocycles. The van der Waals surface area contributed by atoms with Gasteiger partial charge in [0.15, 0.2) is 23.3 Å². The van der Waals surface area contributed by atoms with Crippen LogP contribution in [0.25, 0.3) is 88.2 Å². The Labute approximate surface area is 287 Å². The monoisotopic (exact) mass is 645 g/mol. The molecule has 3 aromatic heterocycles. The maximum Gasteiger partial charge on any atom is 0.164 e. The Morgan fingerprint density at radius 2 is 0.776 bits per heavy atom. The summed E-state index contributed by atoms with van der Waals surface area (Å²) in [7, 11) is 0. The van der Waals surface area contributed by atoms with Crippen LogP contribution in [0.1, 0.15) is 0 Å². The van der Waals surface area contributed by atoms with Crippen LogP contribution in [0.15, 0.2) is 164 Å². The van der Waals surface area contributed by atoms with Gasteiger partial charge in [-0.2, -0.15) is 0 Å². The van der Waals surface area contributed by atoms with Crippen molar-refractivity contribution < 1.29 is 0 Å². The zero-order chi connectivity index (χ0) is 32.6. The van der Waals surface area contributed by atoms with E-state index in [0.717, 1.165) is 49.1 Å². The minimum absolute atomic E-state index is 0.591. The minimum atomic E-state index is 0.591. The number of hydrogen-bond donors (Lipinski definition) is 0. The van der Waals surface area contributed by atoms with Gasteiger partial charge in [-0.15, -0.1) is 11.3 Å². The lowest BCUT2D eigenvalue weighted by molar-refractivity contribution is 1.07. The standard InChI is InChI=1S/C43H27N5S/c1-4-13-28(14-5-1)29-23-25-30(26-24-29)37-39-38(35-21-10-11-22-36(35)49-39)45-42(44-37)33-19-12-20-34(27-33)43-47-40(31-15-6-2-7-16-31)46-41(48-43)32-17-8-3-9-18-32/h1-27H. The van der Waals surface area contributed by atoms with Gasteiger partial charge in [-0.1, -0.05) is 152 Å². The molecule has 0 amide bonds. The minimum Gasteiger partial charge on any atom is -0.226 e. The molecule has 0 unspecified atom stereocenters. The maximum atomic E-state index is 5.25. The summed E-state index contributed by atoms with van der Waals surface area (Å²) in [4.78, 5) is 25.2. The zero-order valence-electron chi connectivity index (χ0n) is 26.2. The van der Waals surface area contributed by atoms with Gasteiger partial charge in [-0.25, -0.2) is 24.9 Å². The number of aromatic nitrogens is 5. The van der Waals surface area contributed by atoms with Gasteiger partial charge in [0, 0.05) is 37.9 Å². The van der Waals surface area contributed by atoms with Gasteiger partial charge in [-0.05, 0) is 23.3 Å². The predicted molar refractivity (Wildman–Crippen MR) is 201 cm³/mol. The Balaban J connectivity index is 1.19. The number of thiophene rings is 1. The average Bonchev–Trinajstić information content (AvgIpc) is 3.57. The Bertz CT molecular complexity index is 2530. The third-order valence-electron chi connectivity index (χ3n) is 8.56. The summed E-state index contributed by atoms with van der Waals surface area (Å²) >= 11 is 1.73. The summed E-state index contributed by atoms with van der Waals surface area (Å²) < 4.78 is 2.26. The molecule has 0 aliphatic rings. The van der Waals surface area contributed by atoms with E-state index in [2.05, 4.69) is 84.9 Å². The van der Waals surface area contributed by atoms with E-state index in [-0.39, 0.29) is 0 Å². The van der Waals surface area contributed by atoms with Gasteiger partial charge in [0.2, 0.25) is 0 Å². The van der Waals surface area contributed by atoms with E-state index >= 15 is 0 Å². The molecule has 6 aromatic carbocycles. The molecular weight excluding hydrogens is 619 g/mol. The molecule has 6 heteroatoms. The second-order valence-corrected chi connectivity index (χ2v) is 12.8. The van der Waals surface area contributed by atoms with E-state index < -0.39 is 0 Å². The van der Waals surface area contributed by atoms with Crippen LogP contribution < -0.4 is 0 Å². The molecule has 0 saturated carbocycles. The molecule has 0 aliphatic heterocycles. The fourth-order valence-electron chi connectivity index (χ4n) is 6.10. The van der Waals surface area contributed by atoms with Gasteiger partial charge < -0.3 is 0 Å². The Morgan fingerprint density at radius 1 is 0.327 bits per heavy atom. The second-order valence-electron chi connectivity index (χ2n) is 11.7. The Kier molecular flexibility index (Phi) is 7.26. The molecule has 0 saturated heterocycles. The molecular formula is C43H27N5S. The lowest BCUT2D eigenvalue weighted by Crippen LogP contribution is -2.00. The molecule has 0 aliphatic carbocycles. The predicted octanol–water partition coefficient (Wildman–Crippen LogP) is 11.0. The van der Waals surface area contributed by atoms with Crippen molar-refractivity contribution in [3.05, 3.63) is 164 Å². The van der Waals surface area contributed by atoms with Crippen LogP contribution in [0, 0.1) is 0 Å². The zero-order valence-corrected chi connectivity index (χ0v) is 27.0. The molecule has 5 nitrogen and oxygen atoms in total. The number of rotatable bonds is 6. The fourth-order valence-corrected chi connectivity index (χ4v) is 7.26. The highest BCUT2D eigenvalue weighted by Crippen LogP contribution is 2.40. The van der Waals surface area contributed by atoms with Gasteiger partial charge in [0.05, 0.1) is 15.9 Å². The number of benzene rings is 6. The van der Waals surface area contributed by atoms with Crippen LogP contribution in [0.2, 0.25) is 0 Å². The van der Waals surface area contributed by atoms with Crippen LogP contribution in [0.5, 0.6) is 0 Å². The molecule has 0 radical (unpaired) electrons. The van der Waals surface area contributed by atoms with Gasteiger partial charge in [-0.3, -0.25) is 0 Å². The van der Waals surface area contributed by atoms with Crippen molar-refractivity contribution in [1.29, 1.82) is 0 Å². The highest BCUT2D eigenvalue weighted by molar-refractivity contribution is 7.26. The van der Waals surface area contributed by atoms with Crippen molar-refractivity contribution in [2.75, 3.05) is 0 Å². The molecule has 230 valence electrons. The maximum absolute atomic E-state index is 5.25. The average molecular weight is 646 g/mol. The summed E-state index contributed by atoms with van der Waals surface area (Å²) in [5.74, 6) is 2.49. The number of fused-ring (bicyclic) bond motifs is 3. The molecule has 9 aromatic rings. The smallest absolute Gasteiger partial charge is 0.164 e. The molecule has 0 N–H and O–H groups in total. The summed E-state index contributed by atoms with van der Waals surface area (Å²) in [6.45, 7) is 0. The van der Waals surface area contributed by atoms with Crippen molar-refractivity contribution in [3.63, 3.8) is 0 Å². The summed E-state index contributed by atoms with van der Waals surface area (Å²) in [6, 6.07) is 55.8. The first-order chi connectivity index (χ1) is 24.3. The first kappa shape index (κ1) is 28.8. The Morgan fingerprint density at radius 3 is 1.39 bits per heavy atom. The highest BCUT2D eigenvalue weighted by Gasteiger charge is 2.18. The van der Waals surface area contributed by atoms with E-state index in [0.29, 0.717) is 23.3 Å². The molecule has 49 heavy (non-hydrogen) atoms. The topological polar surface area (TPSA) is 64.5 Å². The number of nitrogens with zero attached hydrogens (tertiary/aromatic N) is 5. The SMILES string of the molecule is c1ccc(-c2ccc(-c3nc(-c4cccc(-c5nc(-c6ccccc6)nc(-c6ccccc6)n5)c4)nc4c3sc3ccccc34)cc2)cc1. The quantitative estimate of drug-likeness (QED) is 0.180. The largest absolute Gasteiger partial charge is 0.226 e. The van der Waals surface area contributed by atoms with E-state index in [4.69, 9.17) is 24.9 Å². The van der Waals surface area contributed by atoms with Crippen LogP contribution in [-0.4, -0.2) is 24.9 Å². The van der Waals surface area contributed by atoms with Crippen molar-refractivity contribution in [1.82, 2.24) is 24.9 Å². The fraction of sp³-hybridized carbons (Fsp3) is 0. The third kappa shape index (κ3) is 5.54. The van der Waals surface area contributed by atoms with Crippen molar-refractivity contribution in [2.45, 2.75) is 0 Å². The Hall–Kier alpha value is -6.37. The third-order valence-corrected chi connectivity index (χ3v) is 9.73. The second kappa shape index (κ2) is 12.3. The van der Waals surface area contributed by atoms with E-state index in [9.17, 15) is 0 Å². The van der Waals surface area contributed by atoms with Gasteiger partial charge in [0.1, 0.15) is 0 Å². The highest BCUT2D eigenvalue weighted by atomic mass is 32.1. The van der Waals surface area contributed by atoms with Crippen molar-refractivity contribution >= 4 is 31.6 Å². The van der Waals surface area contributed by atoms with Gasteiger partial charge in [0.25, 0.3) is 0 Å². The summed E-state index contributed by atoms with van der Waals surface area (Å²) in [5, 5.41) is 1.13. The van der Waals surface area contributed by atoms with Crippen LogP contribution in [-0.2, 0) is 0 Å². The van der Waals surface area contributed by atoms with E-state index in [1.165, 1.54) is 15.8 Å². The van der Waals surface area contributed by atoms with E-state index in [1.54, 1.807) is 11.3 Å². The summed E-state index contributed by atoms with van der Waals surface area (Å²) in [6.07, 6.45) is 0. The first-order valence-corrected chi connectivity index (χ1v) is 16.9. The molecule has 0 spiro atoms. The lowest BCUT2D eigenvalue weighted by atomic mass is 10.0. The van der Waals surface area contributed by atoms with Gasteiger partial charge >= 0.3 is 0 Å². The first-order valence-electron chi connectivity index (χ1n) is 16.1. The molecule has 0 fully saturated rings. The van der Waals surface area contributed by atoms with Crippen LogP contribution in [0.4, 0.5) is 0 Å². The number of hydrogen-bond acceptors (Lipinski definition) is 6. The van der Waals surface area contributed by atoms with E-state index in [1.807, 2.05) is 78.9 Å². The van der Waals surface area contributed by atoms with Crippen molar-refractivity contribution in [3.8, 4) is 67.9 Å². The normalized spacial score (nSPS) is 11.3. The molecule has 9 rings (SSSR count). The van der Waals surface area contributed by atoms with Crippen molar-refractivity contribution in [2.24, 2.45) is 0 Å². The molecule has 0 bridgehead atoms. The lowest BCUT2D eigenvalue weighted by Gasteiger charge is -2.10. The molecule has 0 atom stereocenters. The van der Waals surface area contributed by atoms with Crippen LogP contribution in [0.3, 0.4) is 0 Å².